The van der Waals surface area contributed by atoms with E-state index in [-0.39, 0.29) is 22.3 Å². The van der Waals surface area contributed by atoms with Crippen LogP contribution in [-0.2, 0) is 11.8 Å². The van der Waals surface area contributed by atoms with Crippen molar-refractivity contribution in [3.05, 3.63) is 76.3 Å². The van der Waals surface area contributed by atoms with E-state index in [1.807, 2.05) is 13.0 Å². The van der Waals surface area contributed by atoms with Gasteiger partial charge in [0.05, 0.1) is 5.56 Å². The van der Waals surface area contributed by atoms with Crippen LogP contribution in [0.25, 0.3) is 17.0 Å². The van der Waals surface area contributed by atoms with E-state index in [9.17, 15) is 14.0 Å². The van der Waals surface area contributed by atoms with Gasteiger partial charge in [-0.3, -0.25) is 4.79 Å². The van der Waals surface area contributed by atoms with Crippen molar-refractivity contribution in [2.75, 3.05) is 0 Å². The van der Waals surface area contributed by atoms with Crippen LogP contribution in [-0.4, -0.2) is 16.9 Å². The number of halogens is 1. The molecule has 29 heavy (non-hydrogen) atoms. The van der Waals surface area contributed by atoms with E-state index in [4.69, 9.17) is 9.52 Å². The van der Waals surface area contributed by atoms with Crippen molar-refractivity contribution >= 4 is 28.8 Å². The first-order valence-corrected chi connectivity index (χ1v) is 9.43. The summed E-state index contributed by atoms with van der Waals surface area (Å²) in [5, 5.41) is 9.81. The Morgan fingerprint density at radius 3 is 2.38 bits per heavy atom. The van der Waals surface area contributed by atoms with Crippen molar-refractivity contribution in [2.45, 2.75) is 39.5 Å². The zero-order valence-corrected chi connectivity index (χ0v) is 16.9. The fourth-order valence-corrected chi connectivity index (χ4v) is 3.43. The summed E-state index contributed by atoms with van der Waals surface area (Å²) in [6.07, 6.45) is 3.40. The molecule has 0 aliphatic carbocycles. The number of allylic oxidation sites excluding steroid dienone is 1. The molecule has 0 radical (unpaired) electrons. The Morgan fingerprint density at radius 1 is 1.10 bits per heavy atom. The van der Waals surface area contributed by atoms with Crippen molar-refractivity contribution in [3.8, 4) is 0 Å². The number of carbonyl (C=O) groups excluding carboxylic acids is 1. The lowest BCUT2D eigenvalue weighted by Crippen LogP contribution is -2.12. The fraction of sp³-hybridized carbons (Fsp3) is 0.250. The number of aryl methyl sites for hydroxylation is 1. The van der Waals surface area contributed by atoms with Gasteiger partial charge in [0.1, 0.15) is 17.2 Å². The van der Waals surface area contributed by atoms with Gasteiger partial charge in [0, 0.05) is 28.5 Å². The first-order chi connectivity index (χ1) is 13.6. The predicted molar refractivity (Wildman–Crippen MR) is 111 cm³/mol. The molecule has 1 aromatic heterocycles. The number of carboxylic acid groups (broad SMARTS) is 1. The average molecular weight is 394 g/mol. The molecule has 0 atom stereocenters. The summed E-state index contributed by atoms with van der Waals surface area (Å²) in [6, 6.07) is 8.87. The summed E-state index contributed by atoms with van der Waals surface area (Å²) in [6.45, 7) is 8.35. The third kappa shape index (κ3) is 4.14. The molecular weight excluding hydrogens is 371 g/mol. The lowest BCUT2D eigenvalue weighted by atomic mass is 9.84. The molecule has 0 aliphatic rings. The number of hydrogen-bond acceptors (Lipinski definition) is 3. The molecule has 0 saturated heterocycles. The molecule has 0 fully saturated rings. The Hall–Kier alpha value is -3.21. The molecule has 0 saturated carbocycles. The van der Waals surface area contributed by atoms with Crippen molar-refractivity contribution in [2.24, 2.45) is 0 Å². The summed E-state index contributed by atoms with van der Waals surface area (Å²) < 4.78 is 20.0. The number of hydrogen-bond donors (Lipinski definition) is 1. The lowest BCUT2D eigenvalue weighted by molar-refractivity contribution is 0.0696. The second-order valence-electron chi connectivity index (χ2n) is 7.95. The minimum atomic E-state index is -1.20. The predicted octanol–water partition coefficient (Wildman–Crippen LogP) is 6.03. The van der Waals surface area contributed by atoms with Crippen LogP contribution in [0.3, 0.4) is 0 Å². The molecule has 0 bridgehead atoms. The maximum atomic E-state index is 14.1. The largest absolute Gasteiger partial charge is 0.478 e. The van der Waals surface area contributed by atoms with Crippen LogP contribution in [0, 0.1) is 5.82 Å². The molecule has 150 valence electrons. The first kappa shape index (κ1) is 20.5. The molecule has 4 nitrogen and oxygen atoms in total. The third-order valence-corrected chi connectivity index (χ3v) is 4.78. The molecular formula is C24H23FO4. The van der Waals surface area contributed by atoms with Crippen molar-refractivity contribution in [3.63, 3.8) is 0 Å². The van der Waals surface area contributed by atoms with Crippen LogP contribution in [0.1, 0.15) is 65.3 Å². The van der Waals surface area contributed by atoms with Gasteiger partial charge in [0.25, 0.3) is 0 Å². The van der Waals surface area contributed by atoms with Gasteiger partial charge >= 0.3 is 5.97 Å². The number of furan rings is 1. The number of aromatic carboxylic acids is 1. The summed E-state index contributed by atoms with van der Waals surface area (Å²) in [5.74, 6) is -1.26. The number of carbonyl (C=O) groups is 2. The monoisotopic (exact) mass is 394 g/mol. The Balaban J connectivity index is 1.95. The molecule has 3 rings (SSSR count). The normalized spacial score (nSPS) is 12.0. The first-order valence-electron chi connectivity index (χ1n) is 9.43. The second kappa shape index (κ2) is 7.66. The smallest absolute Gasteiger partial charge is 0.335 e. The van der Waals surface area contributed by atoms with Crippen LogP contribution >= 0.6 is 0 Å². The molecule has 0 spiro atoms. The van der Waals surface area contributed by atoms with Gasteiger partial charge in [-0.05, 0) is 47.9 Å². The van der Waals surface area contributed by atoms with E-state index < -0.39 is 11.8 Å². The van der Waals surface area contributed by atoms with Crippen LogP contribution in [0.2, 0.25) is 0 Å². The van der Waals surface area contributed by atoms with Gasteiger partial charge in [0.2, 0.25) is 0 Å². The van der Waals surface area contributed by atoms with E-state index >= 15 is 0 Å². The Labute approximate surface area is 168 Å². The summed E-state index contributed by atoms with van der Waals surface area (Å²) >= 11 is 0. The third-order valence-electron chi connectivity index (χ3n) is 4.78. The molecule has 0 amide bonds. The van der Waals surface area contributed by atoms with Crippen LogP contribution in [0.15, 0.2) is 46.9 Å². The molecule has 1 heterocycles. The number of carboxylic acids is 1. The Kier molecular flexibility index (Phi) is 5.42. The number of fused-ring (bicyclic) bond motifs is 1. The highest BCUT2D eigenvalue weighted by molar-refractivity contribution is 6.08. The zero-order valence-electron chi connectivity index (χ0n) is 16.9. The fourth-order valence-electron chi connectivity index (χ4n) is 3.43. The highest BCUT2D eigenvalue weighted by Crippen LogP contribution is 2.36. The van der Waals surface area contributed by atoms with Crippen molar-refractivity contribution in [1.82, 2.24) is 0 Å². The van der Waals surface area contributed by atoms with Gasteiger partial charge < -0.3 is 9.52 Å². The second-order valence-corrected chi connectivity index (χ2v) is 7.95. The van der Waals surface area contributed by atoms with Crippen molar-refractivity contribution in [1.29, 1.82) is 0 Å². The van der Waals surface area contributed by atoms with Crippen LogP contribution in [0.5, 0.6) is 0 Å². The van der Waals surface area contributed by atoms with Gasteiger partial charge in [-0.2, -0.15) is 0 Å². The van der Waals surface area contributed by atoms with E-state index in [1.165, 1.54) is 24.3 Å². The Bertz CT molecular complexity index is 1130. The molecule has 2 aromatic carbocycles. The molecule has 3 aromatic rings. The van der Waals surface area contributed by atoms with Crippen molar-refractivity contribution < 1.29 is 23.5 Å². The standard InChI is InChI=1S/C24H23FO4/c1-5-20-22(24(2,3)4)17-12-15(9-11-21(17)29-20)19(26)10-8-14-6-7-16(23(27)28)13-18(14)25/h6-13H,5H2,1-4H3,(H,27,28)/b10-8+. The topological polar surface area (TPSA) is 67.5 Å². The van der Waals surface area contributed by atoms with E-state index in [0.29, 0.717) is 5.56 Å². The molecule has 0 unspecified atom stereocenters. The highest BCUT2D eigenvalue weighted by Gasteiger charge is 2.24. The SMILES string of the molecule is CCc1oc2ccc(C(=O)/C=C/c3ccc(C(=O)O)cc3F)cc2c1C(C)(C)C. The lowest BCUT2D eigenvalue weighted by Gasteiger charge is -2.19. The molecule has 1 N–H and O–H groups in total. The van der Waals surface area contributed by atoms with Gasteiger partial charge in [-0.25, -0.2) is 9.18 Å². The maximum absolute atomic E-state index is 14.1. The van der Waals surface area contributed by atoms with Gasteiger partial charge in [-0.15, -0.1) is 0 Å². The molecule has 5 heteroatoms. The van der Waals surface area contributed by atoms with E-state index in [1.54, 1.807) is 12.1 Å². The average Bonchev–Trinajstić information content (AvgIpc) is 3.04. The minimum Gasteiger partial charge on any atom is -0.478 e. The highest BCUT2D eigenvalue weighted by atomic mass is 19.1. The van der Waals surface area contributed by atoms with Crippen LogP contribution in [0.4, 0.5) is 4.39 Å². The minimum absolute atomic E-state index is 0.136. The maximum Gasteiger partial charge on any atom is 0.335 e. The van der Waals surface area contributed by atoms with E-state index in [2.05, 4.69) is 20.8 Å². The van der Waals surface area contributed by atoms with Gasteiger partial charge in [0.15, 0.2) is 5.78 Å². The molecule has 0 aliphatic heterocycles. The quantitative estimate of drug-likeness (QED) is 0.424. The number of rotatable bonds is 5. The zero-order chi connectivity index (χ0) is 21.3. The Morgan fingerprint density at radius 2 is 1.79 bits per heavy atom. The summed E-state index contributed by atoms with van der Waals surface area (Å²) in [5.41, 5.74) is 2.18. The van der Waals surface area contributed by atoms with Crippen LogP contribution < -0.4 is 0 Å². The summed E-state index contributed by atoms with van der Waals surface area (Å²) in [4.78, 5) is 23.5. The number of ketones is 1. The number of benzene rings is 2. The van der Waals surface area contributed by atoms with E-state index in [0.717, 1.165) is 34.8 Å². The summed E-state index contributed by atoms with van der Waals surface area (Å²) in [7, 11) is 0. The van der Waals surface area contributed by atoms with Gasteiger partial charge in [-0.1, -0.05) is 33.8 Å².